The molecule has 4 aliphatic carbocycles. The van der Waals surface area contributed by atoms with Crippen molar-refractivity contribution in [2.75, 3.05) is 0 Å². The largest absolute Gasteiger partial charge is 0.369 e. The number of nitrogens with one attached hydrogen (secondary N) is 1. The average molecular weight is 430 g/mol. The molecule has 1 amide bonds. The summed E-state index contributed by atoms with van der Waals surface area (Å²) >= 11 is 0. The van der Waals surface area contributed by atoms with E-state index in [4.69, 9.17) is 10.5 Å². The second-order valence-electron chi connectivity index (χ2n) is 9.84. The number of halogens is 2. The van der Waals surface area contributed by atoms with E-state index in [0.29, 0.717) is 11.8 Å². The molecule has 0 aromatic heterocycles. The fourth-order valence-corrected chi connectivity index (χ4v) is 6.10. The molecule has 1 aromatic rings. The Kier molecular flexibility index (Phi) is 5.50. The molecule has 4 bridgehead atoms. The SMILES string of the molecule is CC(C)(OCc1c(F)cccc1F)/C(=N\C#N)NC1C2CC3CC1CC(C(N)=O)(C3)C2. The smallest absolute Gasteiger partial charge is 0.223 e. The highest BCUT2D eigenvalue weighted by molar-refractivity contribution is 5.91. The van der Waals surface area contributed by atoms with Gasteiger partial charge >= 0.3 is 0 Å². The molecule has 1 aromatic carbocycles. The van der Waals surface area contributed by atoms with Crippen LogP contribution in [0, 0.1) is 46.3 Å². The number of nitrogens with two attached hydrogens (primary N) is 1. The molecule has 0 saturated heterocycles. The third-order valence-corrected chi connectivity index (χ3v) is 7.47. The Morgan fingerprint density at radius 1 is 1.29 bits per heavy atom. The minimum atomic E-state index is -1.07. The number of benzene rings is 1. The van der Waals surface area contributed by atoms with E-state index in [1.165, 1.54) is 18.2 Å². The van der Waals surface area contributed by atoms with Crippen LogP contribution >= 0.6 is 0 Å². The molecule has 31 heavy (non-hydrogen) atoms. The maximum atomic E-state index is 14.0. The molecular weight excluding hydrogens is 402 g/mol. The Bertz CT molecular complexity index is 919. The lowest BCUT2D eigenvalue weighted by Gasteiger charge is -2.59. The number of carbonyl (C=O) groups is 1. The van der Waals surface area contributed by atoms with Crippen molar-refractivity contribution in [3.63, 3.8) is 0 Å². The highest BCUT2D eigenvalue weighted by Crippen LogP contribution is 2.60. The van der Waals surface area contributed by atoms with Gasteiger partial charge in [-0.25, -0.2) is 8.78 Å². The number of hydrogen-bond donors (Lipinski definition) is 2. The van der Waals surface area contributed by atoms with Crippen LogP contribution in [0.25, 0.3) is 0 Å². The molecule has 2 unspecified atom stereocenters. The summed E-state index contributed by atoms with van der Waals surface area (Å²) in [5.41, 5.74) is 4.13. The number of nitriles is 1. The Hall–Kier alpha value is -2.53. The Balaban J connectivity index is 1.50. The molecule has 2 atom stereocenters. The highest BCUT2D eigenvalue weighted by Gasteiger charge is 2.58. The van der Waals surface area contributed by atoms with E-state index in [0.717, 1.165) is 32.1 Å². The number of hydrogen-bond acceptors (Lipinski definition) is 4. The van der Waals surface area contributed by atoms with Crippen LogP contribution in [0.15, 0.2) is 23.2 Å². The van der Waals surface area contributed by atoms with Crippen LogP contribution in [0.3, 0.4) is 0 Å². The summed E-state index contributed by atoms with van der Waals surface area (Å²) in [7, 11) is 0. The van der Waals surface area contributed by atoms with Crippen LogP contribution in [-0.2, 0) is 16.1 Å². The second-order valence-corrected chi connectivity index (χ2v) is 9.84. The summed E-state index contributed by atoms with van der Waals surface area (Å²) in [4.78, 5) is 16.1. The molecule has 6 nitrogen and oxygen atoms in total. The van der Waals surface area contributed by atoms with Crippen molar-refractivity contribution in [2.45, 2.75) is 64.2 Å². The minimum absolute atomic E-state index is 0.0594. The lowest BCUT2D eigenvalue weighted by molar-refractivity contribution is -0.145. The summed E-state index contributed by atoms with van der Waals surface area (Å²) in [6.07, 6.45) is 6.22. The Labute approximate surface area is 180 Å². The average Bonchev–Trinajstić information content (AvgIpc) is 2.68. The Morgan fingerprint density at radius 2 is 1.90 bits per heavy atom. The quantitative estimate of drug-likeness (QED) is 0.410. The summed E-state index contributed by atoms with van der Waals surface area (Å²) in [5, 5.41) is 12.7. The number of nitrogens with zero attached hydrogens (tertiary/aromatic N) is 2. The Morgan fingerprint density at radius 3 is 2.45 bits per heavy atom. The zero-order valence-electron chi connectivity index (χ0n) is 17.8. The summed E-state index contributed by atoms with van der Waals surface area (Å²) in [5.74, 6) is -0.192. The van der Waals surface area contributed by atoms with Gasteiger partial charge in [-0.05, 0) is 75.8 Å². The first kappa shape index (κ1) is 21.7. The maximum Gasteiger partial charge on any atom is 0.223 e. The van der Waals surface area contributed by atoms with E-state index in [1.807, 2.05) is 6.19 Å². The van der Waals surface area contributed by atoms with Crippen LogP contribution in [-0.4, -0.2) is 23.4 Å². The van der Waals surface area contributed by atoms with Gasteiger partial charge in [0.1, 0.15) is 23.1 Å². The van der Waals surface area contributed by atoms with Crippen molar-refractivity contribution in [3.8, 4) is 6.19 Å². The van der Waals surface area contributed by atoms with Crippen molar-refractivity contribution in [1.29, 1.82) is 5.26 Å². The lowest BCUT2D eigenvalue weighted by atomic mass is 9.47. The van der Waals surface area contributed by atoms with E-state index in [1.54, 1.807) is 13.8 Å². The third kappa shape index (κ3) is 3.91. The zero-order chi connectivity index (χ0) is 22.4. The van der Waals surface area contributed by atoms with Gasteiger partial charge in [0.2, 0.25) is 12.1 Å². The van der Waals surface area contributed by atoms with E-state index in [2.05, 4.69) is 10.3 Å². The normalized spacial score (nSPS) is 32.0. The number of rotatable bonds is 6. The first-order valence-electron chi connectivity index (χ1n) is 10.8. The molecule has 0 aliphatic heterocycles. The third-order valence-electron chi connectivity index (χ3n) is 7.47. The van der Waals surface area contributed by atoms with Gasteiger partial charge in [0.05, 0.1) is 6.61 Å². The van der Waals surface area contributed by atoms with E-state index in [-0.39, 0.29) is 36.0 Å². The van der Waals surface area contributed by atoms with Gasteiger partial charge in [0, 0.05) is 17.0 Å². The second kappa shape index (κ2) is 7.86. The summed E-state index contributed by atoms with van der Waals surface area (Å²) in [6, 6.07) is 3.72. The van der Waals surface area contributed by atoms with Gasteiger partial charge in [-0.2, -0.15) is 10.3 Å². The molecular formula is C23H28F2N4O2. The van der Waals surface area contributed by atoms with E-state index in [9.17, 15) is 18.8 Å². The number of amidine groups is 1. The van der Waals surface area contributed by atoms with Crippen molar-refractivity contribution < 1.29 is 18.3 Å². The molecule has 4 fully saturated rings. The van der Waals surface area contributed by atoms with Crippen molar-refractivity contribution in [1.82, 2.24) is 5.32 Å². The molecule has 166 valence electrons. The van der Waals surface area contributed by atoms with Crippen LogP contribution < -0.4 is 11.1 Å². The predicted octanol–water partition coefficient (Wildman–Crippen LogP) is 3.41. The number of aliphatic imine (C=N–C) groups is 1. The molecule has 0 spiro atoms. The topological polar surface area (TPSA) is 100 Å². The molecule has 4 aliphatic rings. The van der Waals surface area contributed by atoms with Gasteiger partial charge in [0.25, 0.3) is 0 Å². The van der Waals surface area contributed by atoms with Gasteiger partial charge in [-0.15, -0.1) is 0 Å². The number of primary amides is 1. The first-order valence-corrected chi connectivity index (χ1v) is 10.8. The molecule has 8 heteroatoms. The van der Waals surface area contributed by atoms with Crippen molar-refractivity contribution in [2.24, 2.45) is 33.9 Å². The summed E-state index contributed by atoms with van der Waals surface area (Å²) in [6.45, 7) is 3.15. The van der Waals surface area contributed by atoms with Crippen LogP contribution in [0.5, 0.6) is 0 Å². The standard InChI is InChI=1S/C23H28F2N4O2/c1-22(2,31-11-16-17(24)4-3-5-18(16)25)21(28-12-26)29-19-14-6-13-7-15(19)10-23(8-13,9-14)20(27)30/h3-5,13-15,19H,6-11H2,1-2H3,(H2,27,30)(H,28,29). The van der Waals surface area contributed by atoms with E-state index >= 15 is 0 Å². The van der Waals surface area contributed by atoms with Gasteiger partial charge < -0.3 is 15.8 Å². The number of amides is 1. The van der Waals surface area contributed by atoms with Gasteiger partial charge in [0.15, 0.2) is 0 Å². The van der Waals surface area contributed by atoms with Crippen LogP contribution in [0.1, 0.15) is 51.5 Å². The number of carbonyl (C=O) groups excluding carboxylic acids is 1. The van der Waals surface area contributed by atoms with Crippen molar-refractivity contribution in [3.05, 3.63) is 35.4 Å². The molecule has 5 rings (SSSR count). The van der Waals surface area contributed by atoms with Gasteiger partial charge in [-0.1, -0.05) is 6.07 Å². The monoisotopic (exact) mass is 430 g/mol. The summed E-state index contributed by atoms with van der Waals surface area (Å²) < 4.78 is 33.8. The molecule has 0 radical (unpaired) electrons. The maximum absolute atomic E-state index is 14.0. The molecule has 4 saturated carbocycles. The van der Waals surface area contributed by atoms with Gasteiger partial charge in [-0.3, -0.25) is 4.79 Å². The fraction of sp³-hybridized carbons (Fsp3) is 0.609. The van der Waals surface area contributed by atoms with Crippen LogP contribution in [0.2, 0.25) is 0 Å². The predicted molar refractivity (Wildman–Crippen MR) is 110 cm³/mol. The van der Waals surface area contributed by atoms with Crippen molar-refractivity contribution >= 4 is 11.7 Å². The molecule has 3 N–H and O–H groups in total. The lowest BCUT2D eigenvalue weighted by Crippen LogP contribution is -2.63. The minimum Gasteiger partial charge on any atom is -0.369 e. The van der Waals surface area contributed by atoms with Crippen LogP contribution in [0.4, 0.5) is 8.78 Å². The van der Waals surface area contributed by atoms with E-state index < -0.39 is 22.7 Å². The zero-order valence-corrected chi connectivity index (χ0v) is 17.8. The molecule has 0 heterocycles. The number of ether oxygens (including phenoxy) is 1. The fourth-order valence-electron chi connectivity index (χ4n) is 6.10. The highest BCUT2D eigenvalue weighted by atomic mass is 19.1. The first-order chi connectivity index (χ1) is 14.6.